The van der Waals surface area contributed by atoms with E-state index in [1.54, 1.807) is 39.8 Å². The van der Waals surface area contributed by atoms with E-state index in [0.717, 1.165) is 19.4 Å². The molecule has 0 aliphatic carbocycles. The van der Waals surface area contributed by atoms with Gasteiger partial charge in [0.1, 0.15) is 35.0 Å². The predicted molar refractivity (Wildman–Crippen MR) is 154 cm³/mol. The van der Waals surface area contributed by atoms with Crippen molar-refractivity contribution in [1.82, 2.24) is 29.3 Å². The molecule has 11 nitrogen and oxygen atoms in total. The second-order valence-electron chi connectivity index (χ2n) is 10.3. The van der Waals surface area contributed by atoms with Crippen LogP contribution in [0.5, 0.6) is 11.5 Å². The topological polar surface area (TPSA) is 144 Å². The van der Waals surface area contributed by atoms with Crippen molar-refractivity contribution in [3.8, 4) is 23.3 Å². The lowest BCUT2D eigenvalue weighted by atomic mass is 10.0. The average Bonchev–Trinajstić information content (AvgIpc) is 3.62. The number of fused-ring (bicyclic) bond motifs is 1. The third-order valence-electron chi connectivity index (χ3n) is 7.62. The lowest BCUT2D eigenvalue weighted by Gasteiger charge is -2.33. The molecule has 1 amide bonds. The van der Waals surface area contributed by atoms with Crippen molar-refractivity contribution in [2.75, 3.05) is 25.4 Å². The Morgan fingerprint density at radius 3 is 2.59 bits per heavy atom. The van der Waals surface area contributed by atoms with Crippen molar-refractivity contribution < 1.29 is 9.53 Å². The summed E-state index contributed by atoms with van der Waals surface area (Å²) in [6.07, 6.45) is 6.34. The summed E-state index contributed by atoms with van der Waals surface area (Å²) < 4.78 is 9.02. The van der Waals surface area contributed by atoms with Gasteiger partial charge in [-0.2, -0.15) is 5.26 Å². The maximum atomic E-state index is 14.0. The number of likely N-dealkylation sites (tertiary alicyclic amines) is 1. The largest absolute Gasteiger partial charge is 0.457 e. The zero-order chi connectivity index (χ0) is 28.3. The number of amides is 1. The lowest BCUT2D eigenvalue weighted by molar-refractivity contribution is -0.128. The SMILES string of the molecule is N#CC(=CC1CCCN1)C(=O)N1CCCC(n2c(=O)n(-c3ccc(Oc4ccccc4)cc3)c3c(N)ncnc32)C1. The minimum Gasteiger partial charge on any atom is -0.457 e. The number of piperidine rings is 1. The van der Waals surface area contributed by atoms with Gasteiger partial charge in [0.2, 0.25) is 0 Å². The summed E-state index contributed by atoms with van der Waals surface area (Å²) in [5.41, 5.74) is 7.48. The second-order valence-corrected chi connectivity index (χ2v) is 10.3. The highest BCUT2D eigenvalue weighted by molar-refractivity contribution is 5.97. The normalized spacial score (nSPS) is 19.3. The van der Waals surface area contributed by atoms with Crippen molar-refractivity contribution in [2.45, 2.75) is 37.8 Å². The molecule has 0 bridgehead atoms. The van der Waals surface area contributed by atoms with Gasteiger partial charge in [-0.15, -0.1) is 0 Å². The molecule has 2 aliphatic rings. The van der Waals surface area contributed by atoms with Crippen LogP contribution in [0.1, 0.15) is 31.7 Å². The number of nitrogens with zero attached hydrogens (tertiary/aromatic N) is 6. The molecule has 0 saturated carbocycles. The number of benzene rings is 2. The van der Waals surface area contributed by atoms with Gasteiger partial charge in [0.05, 0.1) is 11.7 Å². The quantitative estimate of drug-likeness (QED) is 0.275. The first-order valence-electron chi connectivity index (χ1n) is 13.7. The van der Waals surface area contributed by atoms with Gasteiger partial charge >= 0.3 is 5.69 Å². The van der Waals surface area contributed by atoms with Crippen LogP contribution in [0, 0.1) is 11.3 Å². The van der Waals surface area contributed by atoms with Crippen LogP contribution in [0.2, 0.25) is 0 Å². The Bertz CT molecular complexity index is 1700. The van der Waals surface area contributed by atoms with Crippen LogP contribution >= 0.6 is 0 Å². The molecule has 2 fully saturated rings. The number of aromatic nitrogens is 4. The van der Waals surface area contributed by atoms with Gasteiger partial charge in [-0.1, -0.05) is 18.2 Å². The highest BCUT2D eigenvalue weighted by atomic mass is 16.5. The third kappa shape index (κ3) is 5.17. The van der Waals surface area contributed by atoms with Crippen molar-refractivity contribution in [3.05, 3.63) is 83.1 Å². The monoisotopic (exact) mass is 550 g/mol. The molecule has 0 radical (unpaired) electrons. The van der Waals surface area contributed by atoms with Crippen molar-refractivity contribution in [1.29, 1.82) is 5.26 Å². The fraction of sp³-hybridized carbons (Fsp3) is 0.300. The van der Waals surface area contributed by atoms with Crippen LogP contribution in [0.15, 0.2) is 77.4 Å². The number of imidazole rings is 1. The molecule has 2 unspecified atom stereocenters. The first kappa shape index (κ1) is 26.3. The zero-order valence-electron chi connectivity index (χ0n) is 22.4. The van der Waals surface area contributed by atoms with E-state index in [-0.39, 0.29) is 41.6 Å². The summed E-state index contributed by atoms with van der Waals surface area (Å²) in [6, 6.07) is 18.3. The van der Waals surface area contributed by atoms with Crippen LogP contribution < -0.4 is 21.5 Å². The molecule has 4 heterocycles. The van der Waals surface area contributed by atoms with Crippen molar-refractivity contribution in [2.24, 2.45) is 0 Å². The Balaban J connectivity index is 1.32. The number of carbonyl (C=O) groups is 1. The minimum atomic E-state index is -0.344. The van der Waals surface area contributed by atoms with Crippen LogP contribution in [-0.2, 0) is 4.79 Å². The number of anilines is 1. The number of hydrogen-bond acceptors (Lipinski definition) is 8. The Hall–Kier alpha value is -4.95. The molecule has 41 heavy (non-hydrogen) atoms. The maximum Gasteiger partial charge on any atom is 0.335 e. The molecule has 2 aromatic carbocycles. The smallest absolute Gasteiger partial charge is 0.335 e. The third-order valence-corrected chi connectivity index (χ3v) is 7.62. The molecule has 2 saturated heterocycles. The highest BCUT2D eigenvalue weighted by Crippen LogP contribution is 2.29. The standard InChI is InChI=1S/C30H30N8O3/c31-17-20(16-21-6-4-14-33-21)29(39)36-15-5-7-23(18-36)38-28-26(27(32)34-19-35-28)37(30(38)40)22-10-12-25(13-11-22)41-24-8-2-1-3-9-24/h1-3,8-13,16,19,21,23,33H,4-7,14-15,18H2,(H2,32,34,35). The Morgan fingerprint density at radius 2 is 1.85 bits per heavy atom. The number of nitrogens with two attached hydrogens (primary N) is 1. The molecule has 3 N–H and O–H groups in total. The second kappa shape index (κ2) is 11.3. The summed E-state index contributed by atoms with van der Waals surface area (Å²) in [7, 11) is 0. The summed E-state index contributed by atoms with van der Waals surface area (Å²) in [5, 5.41) is 13.0. The molecule has 0 spiro atoms. The molecular weight excluding hydrogens is 520 g/mol. The Labute approximate surface area is 236 Å². The van der Waals surface area contributed by atoms with Gasteiger partial charge in [-0.3, -0.25) is 13.9 Å². The number of para-hydroxylation sites is 1. The Kier molecular flexibility index (Phi) is 7.22. The molecule has 11 heteroatoms. The van der Waals surface area contributed by atoms with Crippen LogP contribution in [0.3, 0.4) is 0 Å². The van der Waals surface area contributed by atoms with E-state index in [1.807, 2.05) is 30.3 Å². The van der Waals surface area contributed by atoms with Gasteiger partial charge in [-0.05, 0) is 74.7 Å². The molecule has 2 aliphatic heterocycles. The van der Waals surface area contributed by atoms with E-state index in [0.29, 0.717) is 47.7 Å². The van der Waals surface area contributed by atoms with E-state index < -0.39 is 0 Å². The number of carbonyl (C=O) groups excluding carboxylic acids is 1. The van der Waals surface area contributed by atoms with Crippen LogP contribution in [0.4, 0.5) is 5.82 Å². The van der Waals surface area contributed by atoms with E-state index in [1.165, 1.54) is 10.9 Å². The predicted octanol–water partition coefficient (Wildman–Crippen LogP) is 3.32. The minimum absolute atomic E-state index is 0.0268. The fourth-order valence-corrected chi connectivity index (χ4v) is 5.66. The van der Waals surface area contributed by atoms with Gasteiger partial charge in [0.25, 0.3) is 5.91 Å². The lowest BCUT2D eigenvalue weighted by Crippen LogP contribution is -2.43. The highest BCUT2D eigenvalue weighted by Gasteiger charge is 2.31. The maximum absolute atomic E-state index is 14.0. The number of nitrogen functional groups attached to an aromatic ring is 1. The van der Waals surface area contributed by atoms with Crippen LogP contribution in [-0.4, -0.2) is 55.6 Å². The van der Waals surface area contributed by atoms with E-state index in [9.17, 15) is 14.9 Å². The summed E-state index contributed by atoms with van der Waals surface area (Å²) in [4.78, 5) is 37.6. The van der Waals surface area contributed by atoms with Crippen molar-refractivity contribution >= 4 is 22.9 Å². The molecule has 208 valence electrons. The summed E-state index contributed by atoms with van der Waals surface area (Å²) >= 11 is 0. The number of nitrogens with one attached hydrogen (secondary N) is 1. The first-order chi connectivity index (χ1) is 20.0. The number of nitriles is 1. The molecule has 2 aromatic heterocycles. The number of hydrogen-bond donors (Lipinski definition) is 2. The zero-order valence-corrected chi connectivity index (χ0v) is 22.4. The van der Waals surface area contributed by atoms with Gasteiger partial charge in [-0.25, -0.2) is 14.8 Å². The first-order valence-corrected chi connectivity index (χ1v) is 13.7. The average molecular weight is 551 g/mol. The Morgan fingerprint density at radius 1 is 1.07 bits per heavy atom. The van der Waals surface area contributed by atoms with Crippen molar-refractivity contribution in [3.63, 3.8) is 0 Å². The van der Waals surface area contributed by atoms with Crippen LogP contribution in [0.25, 0.3) is 16.9 Å². The molecular formula is C30H30N8O3. The number of rotatable bonds is 6. The van der Waals surface area contributed by atoms with E-state index >= 15 is 0 Å². The molecule has 4 aromatic rings. The molecule has 2 atom stereocenters. The van der Waals surface area contributed by atoms with E-state index in [2.05, 4.69) is 21.4 Å². The fourth-order valence-electron chi connectivity index (χ4n) is 5.66. The van der Waals surface area contributed by atoms with Gasteiger partial charge in [0.15, 0.2) is 11.5 Å². The van der Waals surface area contributed by atoms with Gasteiger partial charge < -0.3 is 20.7 Å². The molecule has 6 rings (SSSR count). The summed E-state index contributed by atoms with van der Waals surface area (Å²) in [5.74, 6) is 1.19. The van der Waals surface area contributed by atoms with Gasteiger partial charge in [0, 0.05) is 19.1 Å². The summed E-state index contributed by atoms with van der Waals surface area (Å²) in [6.45, 7) is 1.67. The van der Waals surface area contributed by atoms with E-state index in [4.69, 9.17) is 10.5 Å². The number of ether oxygens (including phenoxy) is 1.